The van der Waals surface area contributed by atoms with Crippen molar-refractivity contribution < 1.29 is 9.13 Å². The molecule has 4 heteroatoms. The van der Waals surface area contributed by atoms with Gasteiger partial charge >= 0.3 is 0 Å². The summed E-state index contributed by atoms with van der Waals surface area (Å²) in [4.78, 5) is 2.43. The van der Waals surface area contributed by atoms with Gasteiger partial charge < -0.3 is 15.0 Å². The molecule has 0 aromatic carbocycles. The molecule has 0 spiro atoms. The molecule has 0 amide bonds. The molecule has 3 nitrogen and oxygen atoms in total. The fourth-order valence-corrected chi connectivity index (χ4v) is 2.97. The Balaban J connectivity index is 0.000000861. The van der Waals surface area contributed by atoms with Crippen molar-refractivity contribution in [2.45, 2.75) is 45.2 Å². The molecule has 1 N–H and O–H groups in total. The molecule has 2 fully saturated rings. The number of nitrogens with one attached hydrogen (secondary N) is 1. The number of halogens is 1. The van der Waals surface area contributed by atoms with Crippen molar-refractivity contribution in [1.29, 1.82) is 0 Å². The molecule has 2 rings (SSSR count). The van der Waals surface area contributed by atoms with Crippen molar-refractivity contribution in [3.63, 3.8) is 0 Å². The molecule has 0 bridgehead atoms. The number of ether oxygens (including phenoxy) is 1. The van der Waals surface area contributed by atoms with Gasteiger partial charge in [-0.1, -0.05) is 13.8 Å². The predicted molar refractivity (Wildman–Crippen MR) is 78.3 cm³/mol. The Morgan fingerprint density at radius 3 is 2.32 bits per heavy atom. The molecule has 0 aliphatic carbocycles. The quantitative estimate of drug-likeness (QED) is 0.852. The molecular weight excluding hydrogens is 243 g/mol. The van der Waals surface area contributed by atoms with E-state index in [1.165, 1.54) is 12.8 Å². The molecule has 19 heavy (non-hydrogen) atoms. The maximum absolute atomic E-state index is 14.2. The van der Waals surface area contributed by atoms with Gasteiger partial charge in [-0.25, -0.2) is 4.39 Å². The molecule has 2 aliphatic heterocycles. The first-order valence-electron chi connectivity index (χ1n) is 7.83. The van der Waals surface area contributed by atoms with Gasteiger partial charge in [0.05, 0.1) is 6.61 Å². The molecule has 2 saturated heterocycles. The summed E-state index contributed by atoms with van der Waals surface area (Å²) in [5.41, 5.74) is -1.07. The van der Waals surface area contributed by atoms with Crippen molar-refractivity contribution in [3.8, 4) is 0 Å². The van der Waals surface area contributed by atoms with Crippen LogP contribution in [0.5, 0.6) is 0 Å². The minimum Gasteiger partial charge on any atom is -0.381 e. The van der Waals surface area contributed by atoms with Crippen LogP contribution in [-0.2, 0) is 4.74 Å². The van der Waals surface area contributed by atoms with E-state index in [-0.39, 0.29) is 6.61 Å². The second-order valence-corrected chi connectivity index (χ2v) is 5.58. The zero-order valence-electron chi connectivity index (χ0n) is 12.9. The number of methoxy groups -OCH3 is 1. The Labute approximate surface area is 117 Å². The third-order valence-electron chi connectivity index (χ3n) is 4.13. The van der Waals surface area contributed by atoms with Gasteiger partial charge in [0, 0.05) is 26.7 Å². The molecule has 0 aromatic heterocycles. The topological polar surface area (TPSA) is 24.5 Å². The van der Waals surface area contributed by atoms with E-state index < -0.39 is 5.67 Å². The molecule has 114 valence electrons. The maximum atomic E-state index is 14.2. The first-order chi connectivity index (χ1) is 9.22. The zero-order valence-corrected chi connectivity index (χ0v) is 12.9. The van der Waals surface area contributed by atoms with Gasteiger partial charge in [-0.3, -0.25) is 0 Å². The fourth-order valence-electron chi connectivity index (χ4n) is 2.97. The molecule has 0 atom stereocenters. The van der Waals surface area contributed by atoms with Crippen LogP contribution < -0.4 is 5.32 Å². The summed E-state index contributed by atoms with van der Waals surface area (Å²) >= 11 is 0. The normalized spacial score (nSPS) is 24.6. The number of nitrogens with zero attached hydrogens (tertiary/aromatic N) is 1. The van der Waals surface area contributed by atoms with Gasteiger partial charge in [0.25, 0.3) is 0 Å². The van der Waals surface area contributed by atoms with Crippen LogP contribution in [0, 0.1) is 5.92 Å². The second kappa shape index (κ2) is 8.88. The number of hydrogen-bond donors (Lipinski definition) is 1. The standard InChI is InChI=1S/C13H25FN2O.C2H6/c1-17-11-13(14)4-8-16(9-5-13)10-12-2-6-15-7-3-12;1-2/h12,15H,2-11H2,1H3;1-2H3. The Bertz CT molecular complexity index is 224. The number of alkyl halides is 1. The van der Waals surface area contributed by atoms with E-state index in [2.05, 4.69) is 10.2 Å². The summed E-state index contributed by atoms with van der Waals surface area (Å²) in [6.45, 7) is 9.50. The highest BCUT2D eigenvalue weighted by molar-refractivity contribution is 4.87. The van der Waals surface area contributed by atoms with Crippen LogP contribution in [-0.4, -0.2) is 57.0 Å². The van der Waals surface area contributed by atoms with Gasteiger partial charge in [0.1, 0.15) is 5.67 Å². The maximum Gasteiger partial charge on any atom is 0.136 e. The third-order valence-corrected chi connectivity index (χ3v) is 4.13. The van der Waals surface area contributed by atoms with Crippen LogP contribution in [0.25, 0.3) is 0 Å². The Morgan fingerprint density at radius 2 is 1.79 bits per heavy atom. The Hall–Kier alpha value is -0.190. The van der Waals surface area contributed by atoms with Crippen LogP contribution in [0.2, 0.25) is 0 Å². The summed E-state index contributed by atoms with van der Waals surface area (Å²) in [7, 11) is 1.59. The van der Waals surface area contributed by atoms with Crippen LogP contribution in [0.3, 0.4) is 0 Å². The van der Waals surface area contributed by atoms with E-state index in [1.807, 2.05) is 13.8 Å². The molecule has 0 aromatic rings. The van der Waals surface area contributed by atoms with Crippen LogP contribution >= 0.6 is 0 Å². The summed E-state index contributed by atoms with van der Waals surface area (Å²) in [6, 6.07) is 0. The largest absolute Gasteiger partial charge is 0.381 e. The zero-order chi connectivity index (χ0) is 14.1. The highest BCUT2D eigenvalue weighted by Gasteiger charge is 2.34. The number of rotatable bonds is 4. The lowest BCUT2D eigenvalue weighted by Gasteiger charge is -2.38. The lowest BCUT2D eigenvalue weighted by molar-refractivity contribution is -0.0121. The van der Waals surface area contributed by atoms with Crippen molar-refractivity contribution in [3.05, 3.63) is 0 Å². The molecular formula is C15H31FN2O. The van der Waals surface area contributed by atoms with E-state index in [1.54, 1.807) is 7.11 Å². The van der Waals surface area contributed by atoms with Crippen molar-refractivity contribution in [2.24, 2.45) is 5.92 Å². The minimum atomic E-state index is -1.07. The van der Waals surface area contributed by atoms with Gasteiger partial charge in [-0.05, 0) is 44.7 Å². The molecule has 2 aliphatic rings. The fraction of sp³-hybridized carbons (Fsp3) is 1.00. The number of likely N-dealkylation sites (tertiary alicyclic amines) is 1. The van der Waals surface area contributed by atoms with Gasteiger partial charge in [-0.15, -0.1) is 0 Å². The van der Waals surface area contributed by atoms with Crippen LogP contribution in [0.4, 0.5) is 4.39 Å². The van der Waals surface area contributed by atoms with Crippen LogP contribution in [0.15, 0.2) is 0 Å². The molecule has 0 radical (unpaired) electrons. The second-order valence-electron chi connectivity index (χ2n) is 5.58. The van der Waals surface area contributed by atoms with E-state index in [0.717, 1.165) is 38.6 Å². The van der Waals surface area contributed by atoms with Gasteiger partial charge in [0.2, 0.25) is 0 Å². The average molecular weight is 274 g/mol. The first-order valence-corrected chi connectivity index (χ1v) is 7.83. The van der Waals surface area contributed by atoms with E-state index in [9.17, 15) is 4.39 Å². The van der Waals surface area contributed by atoms with Crippen molar-refractivity contribution in [1.82, 2.24) is 10.2 Å². The number of hydrogen-bond acceptors (Lipinski definition) is 3. The monoisotopic (exact) mass is 274 g/mol. The average Bonchev–Trinajstić information content (AvgIpc) is 2.45. The molecule has 0 saturated carbocycles. The Kier molecular flexibility index (Phi) is 7.88. The predicted octanol–water partition coefficient (Wildman–Crippen LogP) is 2.46. The molecule has 0 unspecified atom stereocenters. The van der Waals surface area contributed by atoms with E-state index >= 15 is 0 Å². The SMILES string of the molecule is CC.COCC1(F)CCN(CC2CCNCC2)CC1. The smallest absolute Gasteiger partial charge is 0.136 e. The summed E-state index contributed by atoms with van der Waals surface area (Å²) in [5, 5.41) is 3.39. The highest BCUT2D eigenvalue weighted by Crippen LogP contribution is 2.27. The van der Waals surface area contributed by atoms with Crippen LogP contribution in [0.1, 0.15) is 39.5 Å². The lowest BCUT2D eigenvalue weighted by atomic mass is 9.92. The molecule has 2 heterocycles. The Morgan fingerprint density at radius 1 is 1.21 bits per heavy atom. The van der Waals surface area contributed by atoms with Gasteiger partial charge in [-0.2, -0.15) is 0 Å². The van der Waals surface area contributed by atoms with E-state index in [0.29, 0.717) is 12.8 Å². The van der Waals surface area contributed by atoms with Gasteiger partial charge in [0.15, 0.2) is 0 Å². The summed E-state index contributed by atoms with van der Waals surface area (Å²) in [6.07, 6.45) is 3.81. The summed E-state index contributed by atoms with van der Waals surface area (Å²) < 4.78 is 19.1. The van der Waals surface area contributed by atoms with E-state index in [4.69, 9.17) is 4.74 Å². The highest BCUT2D eigenvalue weighted by atomic mass is 19.1. The lowest BCUT2D eigenvalue weighted by Crippen LogP contribution is -2.46. The van der Waals surface area contributed by atoms with Crippen molar-refractivity contribution >= 4 is 0 Å². The van der Waals surface area contributed by atoms with Crippen molar-refractivity contribution in [2.75, 3.05) is 46.4 Å². The summed E-state index contributed by atoms with van der Waals surface area (Å²) in [5.74, 6) is 0.811. The first kappa shape index (κ1) is 16.9. The third kappa shape index (κ3) is 5.76. The minimum absolute atomic E-state index is 0.258. The number of piperidine rings is 2.